The molecule has 0 radical (unpaired) electrons. The third kappa shape index (κ3) is 2.92. The molecule has 0 unspecified atom stereocenters. The lowest BCUT2D eigenvalue weighted by atomic mass is 9.80. The Balaban J connectivity index is 1.79. The normalized spacial score (nSPS) is 11.0. The Hall–Kier alpha value is -1.90. The van der Waals surface area contributed by atoms with Gasteiger partial charge in [0.05, 0.1) is 0 Å². The second-order valence-corrected chi connectivity index (χ2v) is 5.37. The molecule has 0 saturated carbocycles. The molecule has 106 valence electrons. The predicted molar refractivity (Wildman–Crippen MR) is 78.8 cm³/mol. The lowest BCUT2D eigenvalue weighted by molar-refractivity contribution is 0.425. The van der Waals surface area contributed by atoms with Crippen molar-refractivity contribution in [2.75, 3.05) is 0 Å². The van der Waals surface area contributed by atoms with E-state index in [1.165, 1.54) is 17.8 Å². The summed E-state index contributed by atoms with van der Waals surface area (Å²) in [5, 5.41) is 26.8. The first-order valence-electron chi connectivity index (χ1n) is 6.22. The van der Waals surface area contributed by atoms with Crippen LogP contribution in [0.5, 0.6) is 0 Å². The Morgan fingerprint density at radius 3 is 2.81 bits per heavy atom. The van der Waals surface area contributed by atoms with Crippen LogP contribution < -0.4 is 5.46 Å². The molecule has 1 aromatic carbocycles. The first-order valence-corrected chi connectivity index (χ1v) is 7.21. The number of rotatable bonds is 4. The van der Waals surface area contributed by atoms with Crippen molar-refractivity contribution >= 4 is 30.0 Å². The third-order valence-corrected chi connectivity index (χ3v) is 4.01. The summed E-state index contributed by atoms with van der Waals surface area (Å²) >= 11 is 1.36. The Bertz CT molecular complexity index is 781. The van der Waals surface area contributed by atoms with E-state index in [9.17, 15) is 4.39 Å². The Kier molecular flexibility index (Phi) is 3.91. The first kappa shape index (κ1) is 14.1. The number of halogens is 1. The van der Waals surface area contributed by atoms with Crippen LogP contribution in [0.1, 0.15) is 5.56 Å². The van der Waals surface area contributed by atoms with Gasteiger partial charge in [0.25, 0.3) is 0 Å². The maximum atomic E-state index is 13.9. The monoisotopic (exact) mass is 303 g/mol. The number of fused-ring (bicyclic) bond motifs is 1. The van der Waals surface area contributed by atoms with Crippen LogP contribution in [0.3, 0.4) is 0 Å². The van der Waals surface area contributed by atoms with Crippen LogP contribution >= 0.6 is 11.8 Å². The molecule has 2 aromatic heterocycles. The fraction of sp³-hybridized carbons (Fsp3) is 0.0769. The second-order valence-electron chi connectivity index (χ2n) is 4.42. The van der Waals surface area contributed by atoms with Gasteiger partial charge in [0.2, 0.25) is 0 Å². The average Bonchev–Trinajstić information content (AvgIpc) is 2.89. The molecule has 0 fully saturated rings. The minimum Gasteiger partial charge on any atom is -0.423 e. The Morgan fingerprint density at radius 2 is 2.05 bits per heavy atom. The minimum atomic E-state index is -1.67. The SMILES string of the molecule is OB(O)c1ccc(CSc2nnc3ccccn23)c(F)c1. The van der Waals surface area contributed by atoms with E-state index in [4.69, 9.17) is 10.0 Å². The molecular weight excluding hydrogens is 292 g/mol. The van der Waals surface area contributed by atoms with Gasteiger partial charge in [0.15, 0.2) is 10.8 Å². The molecule has 2 N–H and O–H groups in total. The standard InChI is InChI=1S/C13H11BFN3O2S/c15-11-7-10(14(19)20)5-4-9(11)8-21-13-17-16-12-3-1-2-6-18(12)13/h1-7,19-20H,8H2. The van der Waals surface area contributed by atoms with E-state index in [1.807, 2.05) is 28.8 Å². The van der Waals surface area contributed by atoms with E-state index in [2.05, 4.69) is 10.2 Å². The summed E-state index contributed by atoms with van der Waals surface area (Å²) in [6.45, 7) is 0. The lowest BCUT2D eigenvalue weighted by Gasteiger charge is -2.05. The number of hydrogen-bond acceptors (Lipinski definition) is 5. The van der Waals surface area contributed by atoms with Gasteiger partial charge in [0.1, 0.15) is 5.82 Å². The highest BCUT2D eigenvalue weighted by Crippen LogP contribution is 2.22. The fourth-order valence-corrected chi connectivity index (χ4v) is 2.81. The van der Waals surface area contributed by atoms with Crippen LogP contribution in [0.4, 0.5) is 4.39 Å². The second kappa shape index (κ2) is 5.84. The average molecular weight is 303 g/mol. The molecule has 8 heteroatoms. The number of hydrogen-bond donors (Lipinski definition) is 2. The summed E-state index contributed by atoms with van der Waals surface area (Å²) in [5.74, 6) is -0.0921. The molecule has 0 aliphatic heterocycles. The Labute approximate surface area is 124 Å². The summed E-state index contributed by atoms with van der Waals surface area (Å²) in [6, 6.07) is 9.75. The van der Waals surface area contributed by atoms with Crippen LogP contribution in [0.25, 0.3) is 5.65 Å². The van der Waals surface area contributed by atoms with E-state index in [0.29, 0.717) is 16.5 Å². The number of benzene rings is 1. The summed E-state index contributed by atoms with van der Waals surface area (Å²) in [6.07, 6.45) is 1.85. The van der Waals surface area contributed by atoms with Gasteiger partial charge in [-0.05, 0) is 29.2 Å². The van der Waals surface area contributed by atoms with Crippen molar-refractivity contribution in [2.24, 2.45) is 0 Å². The molecule has 0 spiro atoms. The summed E-state index contributed by atoms with van der Waals surface area (Å²) in [5.41, 5.74) is 1.34. The maximum absolute atomic E-state index is 13.9. The quantitative estimate of drug-likeness (QED) is 0.552. The van der Waals surface area contributed by atoms with Crippen molar-refractivity contribution in [2.45, 2.75) is 10.9 Å². The van der Waals surface area contributed by atoms with E-state index in [1.54, 1.807) is 6.07 Å². The minimum absolute atomic E-state index is 0.133. The Morgan fingerprint density at radius 1 is 1.19 bits per heavy atom. The smallest absolute Gasteiger partial charge is 0.423 e. The highest BCUT2D eigenvalue weighted by Gasteiger charge is 2.14. The van der Waals surface area contributed by atoms with Crippen LogP contribution in [-0.2, 0) is 5.75 Å². The molecule has 0 aliphatic carbocycles. The zero-order valence-electron chi connectivity index (χ0n) is 10.8. The number of pyridine rings is 1. The van der Waals surface area contributed by atoms with Gasteiger partial charge in [-0.2, -0.15) is 0 Å². The van der Waals surface area contributed by atoms with E-state index < -0.39 is 12.9 Å². The van der Waals surface area contributed by atoms with Gasteiger partial charge < -0.3 is 10.0 Å². The van der Waals surface area contributed by atoms with Crippen LogP contribution in [0, 0.1) is 5.82 Å². The van der Waals surface area contributed by atoms with Crippen molar-refractivity contribution in [3.8, 4) is 0 Å². The van der Waals surface area contributed by atoms with Gasteiger partial charge in [-0.3, -0.25) is 4.40 Å². The van der Waals surface area contributed by atoms with Gasteiger partial charge in [-0.15, -0.1) is 10.2 Å². The van der Waals surface area contributed by atoms with Gasteiger partial charge in [-0.25, -0.2) is 4.39 Å². The van der Waals surface area contributed by atoms with E-state index >= 15 is 0 Å². The molecule has 3 aromatic rings. The third-order valence-electron chi connectivity index (χ3n) is 3.01. The molecule has 21 heavy (non-hydrogen) atoms. The largest absolute Gasteiger partial charge is 0.488 e. The zero-order valence-corrected chi connectivity index (χ0v) is 11.7. The molecule has 0 amide bonds. The summed E-state index contributed by atoms with van der Waals surface area (Å²) in [4.78, 5) is 0. The molecule has 0 atom stereocenters. The number of nitrogens with zero attached hydrogens (tertiary/aromatic N) is 3. The highest BCUT2D eigenvalue weighted by molar-refractivity contribution is 7.98. The number of aromatic nitrogens is 3. The van der Waals surface area contributed by atoms with Gasteiger partial charge in [0, 0.05) is 11.9 Å². The van der Waals surface area contributed by atoms with Crippen molar-refractivity contribution in [1.82, 2.24) is 14.6 Å². The van der Waals surface area contributed by atoms with Crippen molar-refractivity contribution in [3.05, 3.63) is 54.0 Å². The number of thioether (sulfide) groups is 1. The van der Waals surface area contributed by atoms with E-state index in [0.717, 1.165) is 11.7 Å². The first-order chi connectivity index (χ1) is 10.1. The zero-order chi connectivity index (χ0) is 14.8. The van der Waals surface area contributed by atoms with Crippen molar-refractivity contribution < 1.29 is 14.4 Å². The fourth-order valence-electron chi connectivity index (χ4n) is 1.90. The van der Waals surface area contributed by atoms with Crippen LogP contribution in [0.15, 0.2) is 47.8 Å². The van der Waals surface area contributed by atoms with E-state index in [-0.39, 0.29) is 5.46 Å². The summed E-state index contributed by atoms with van der Waals surface area (Å²) < 4.78 is 15.7. The molecular formula is C13H11BFN3O2S. The predicted octanol–water partition coefficient (Wildman–Crippen LogP) is 0.840. The molecule has 0 aliphatic rings. The maximum Gasteiger partial charge on any atom is 0.488 e. The summed E-state index contributed by atoms with van der Waals surface area (Å²) in [7, 11) is -1.67. The molecule has 2 heterocycles. The molecule has 5 nitrogen and oxygen atoms in total. The lowest BCUT2D eigenvalue weighted by Crippen LogP contribution is -2.30. The topological polar surface area (TPSA) is 70.7 Å². The van der Waals surface area contributed by atoms with Crippen LogP contribution in [-0.4, -0.2) is 31.8 Å². The van der Waals surface area contributed by atoms with Crippen molar-refractivity contribution in [1.29, 1.82) is 0 Å². The molecule has 0 bridgehead atoms. The highest BCUT2D eigenvalue weighted by atomic mass is 32.2. The molecule has 0 saturated heterocycles. The van der Waals surface area contributed by atoms with Gasteiger partial charge >= 0.3 is 7.12 Å². The van der Waals surface area contributed by atoms with Gasteiger partial charge in [-0.1, -0.05) is 30.0 Å². The van der Waals surface area contributed by atoms with Crippen molar-refractivity contribution in [3.63, 3.8) is 0 Å². The molecule has 3 rings (SSSR count). The van der Waals surface area contributed by atoms with Crippen LogP contribution in [0.2, 0.25) is 0 Å².